The third kappa shape index (κ3) is 2.18. The van der Waals surface area contributed by atoms with E-state index in [1.54, 1.807) is 17.9 Å². The van der Waals surface area contributed by atoms with Crippen molar-refractivity contribution >= 4 is 6.29 Å². The van der Waals surface area contributed by atoms with Gasteiger partial charge in [-0.15, -0.1) is 0 Å². The quantitative estimate of drug-likeness (QED) is 0.575. The molecule has 11 heavy (non-hydrogen) atoms. The van der Waals surface area contributed by atoms with Crippen molar-refractivity contribution in [3.05, 3.63) is 17.5 Å². The molecule has 3 nitrogen and oxygen atoms in total. The zero-order chi connectivity index (χ0) is 8.85. The highest BCUT2D eigenvalue weighted by molar-refractivity contribution is 5.74. The number of aromatic nitrogens is 2. The van der Waals surface area contributed by atoms with Crippen LogP contribution in [0.1, 0.15) is 29.9 Å². The van der Waals surface area contributed by atoms with Gasteiger partial charge in [0.05, 0.1) is 6.20 Å². The van der Waals surface area contributed by atoms with Gasteiger partial charge < -0.3 is 0 Å². The second-order valence-electron chi connectivity index (χ2n) is 1.95. The molecule has 0 bridgehead atoms. The van der Waals surface area contributed by atoms with Crippen LogP contribution in [-0.2, 0) is 7.05 Å². The summed E-state index contributed by atoms with van der Waals surface area (Å²) in [5, 5.41) is 3.87. The molecule has 1 heterocycles. The van der Waals surface area contributed by atoms with Crippen LogP contribution in [0.5, 0.6) is 0 Å². The summed E-state index contributed by atoms with van der Waals surface area (Å²) in [5.41, 5.74) is 1.57. The van der Waals surface area contributed by atoms with Gasteiger partial charge in [-0.25, -0.2) is 0 Å². The minimum absolute atomic E-state index is 0.648. The van der Waals surface area contributed by atoms with E-state index in [2.05, 4.69) is 5.10 Å². The molecule has 1 rings (SSSR count). The topological polar surface area (TPSA) is 34.9 Å². The number of nitrogens with zero attached hydrogens (tertiary/aromatic N) is 2. The molecule has 0 atom stereocenters. The Kier molecular flexibility index (Phi) is 4.18. The summed E-state index contributed by atoms with van der Waals surface area (Å²) in [5.74, 6) is 0. The summed E-state index contributed by atoms with van der Waals surface area (Å²) in [6, 6.07) is 0. The lowest BCUT2D eigenvalue weighted by Gasteiger charge is -1.89. The van der Waals surface area contributed by atoms with Crippen molar-refractivity contribution in [3.63, 3.8) is 0 Å². The van der Waals surface area contributed by atoms with Crippen molar-refractivity contribution < 1.29 is 4.79 Å². The lowest BCUT2D eigenvalue weighted by molar-refractivity contribution is 0.111. The van der Waals surface area contributed by atoms with Gasteiger partial charge in [0.1, 0.15) is 5.69 Å². The van der Waals surface area contributed by atoms with Crippen LogP contribution in [0.25, 0.3) is 0 Å². The fraction of sp³-hybridized carbons (Fsp3) is 0.500. The molecule has 1 aromatic rings. The Bertz CT molecular complexity index is 208. The summed E-state index contributed by atoms with van der Waals surface area (Å²) in [4.78, 5) is 10.2. The highest BCUT2D eigenvalue weighted by atomic mass is 16.1. The maximum absolute atomic E-state index is 10.2. The van der Waals surface area contributed by atoms with Gasteiger partial charge in [0.15, 0.2) is 6.29 Å². The van der Waals surface area contributed by atoms with E-state index >= 15 is 0 Å². The van der Waals surface area contributed by atoms with Crippen molar-refractivity contribution in [2.75, 3.05) is 0 Å². The summed E-state index contributed by atoms with van der Waals surface area (Å²) >= 11 is 0. The SMILES string of the molecule is CC.Cc1cnn(C)c1C=O. The van der Waals surface area contributed by atoms with Crippen LogP contribution in [0.4, 0.5) is 0 Å². The number of hydrogen-bond donors (Lipinski definition) is 0. The Morgan fingerprint density at radius 2 is 2.09 bits per heavy atom. The van der Waals surface area contributed by atoms with E-state index in [9.17, 15) is 4.79 Å². The van der Waals surface area contributed by atoms with Gasteiger partial charge in [0.2, 0.25) is 0 Å². The second-order valence-corrected chi connectivity index (χ2v) is 1.95. The molecule has 0 spiro atoms. The molecule has 0 saturated carbocycles. The zero-order valence-electron chi connectivity index (χ0n) is 7.46. The second kappa shape index (κ2) is 4.66. The summed E-state index contributed by atoms with van der Waals surface area (Å²) in [6.45, 7) is 5.86. The summed E-state index contributed by atoms with van der Waals surface area (Å²) in [6.07, 6.45) is 2.48. The van der Waals surface area contributed by atoms with Crippen molar-refractivity contribution in [3.8, 4) is 0 Å². The monoisotopic (exact) mass is 154 g/mol. The molecule has 0 amide bonds. The third-order valence-electron chi connectivity index (χ3n) is 1.29. The van der Waals surface area contributed by atoms with Crippen LogP contribution < -0.4 is 0 Å². The molecule has 0 fully saturated rings. The third-order valence-corrected chi connectivity index (χ3v) is 1.29. The van der Waals surface area contributed by atoms with Crippen molar-refractivity contribution in [2.24, 2.45) is 7.05 Å². The first-order valence-corrected chi connectivity index (χ1v) is 3.69. The molecular formula is C8H14N2O. The first-order chi connectivity index (χ1) is 5.25. The molecular weight excluding hydrogens is 140 g/mol. The molecule has 1 aromatic heterocycles. The minimum Gasteiger partial charge on any atom is -0.296 e. The fourth-order valence-electron chi connectivity index (χ4n) is 0.726. The van der Waals surface area contributed by atoms with Crippen LogP contribution in [0.3, 0.4) is 0 Å². The Morgan fingerprint density at radius 1 is 1.55 bits per heavy atom. The van der Waals surface area contributed by atoms with Gasteiger partial charge in [-0.05, 0) is 12.5 Å². The minimum atomic E-state index is 0.648. The molecule has 0 radical (unpaired) electrons. The van der Waals surface area contributed by atoms with Gasteiger partial charge >= 0.3 is 0 Å². The van der Waals surface area contributed by atoms with Crippen LogP contribution in [-0.4, -0.2) is 16.1 Å². The standard InChI is InChI=1S/C6H8N2O.C2H6/c1-5-3-7-8(2)6(5)4-9;1-2/h3-4H,1-2H3;1-2H3. The maximum atomic E-state index is 10.2. The Balaban J connectivity index is 0.000000461. The van der Waals surface area contributed by atoms with Gasteiger partial charge in [-0.2, -0.15) is 5.10 Å². The van der Waals surface area contributed by atoms with Crippen molar-refractivity contribution in [2.45, 2.75) is 20.8 Å². The number of aryl methyl sites for hydroxylation is 2. The lowest BCUT2D eigenvalue weighted by atomic mass is 10.3. The first-order valence-electron chi connectivity index (χ1n) is 3.69. The number of rotatable bonds is 1. The van der Waals surface area contributed by atoms with Gasteiger partial charge in [0.25, 0.3) is 0 Å². The van der Waals surface area contributed by atoms with Crippen LogP contribution in [0.2, 0.25) is 0 Å². The van der Waals surface area contributed by atoms with E-state index in [1.807, 2.05) is 20.8 Å². The maximum Gasteiger partial charge on any atom is 0.168 e. The molecule has 0 aliphatic rings. The number of carbonyl (C=O) groups excluding carboxylic acids is 1. The Labute approximate surface area is 67.0 Å². The number of aldehydes is 1. The zero-order valence-corrected chi connectivity index (χ0v) is 7.46. The van der Waals surface area contributed by atoms with E-state index in [0.29, 0.717) is 5.69 Å². The van der Waals surface area contributed by atoms with Crippen LogP contribution >= 0.6 is 0 Å². The molecule has 0 saturated heterocycles. The largest absolute Gasteiger partial charge is 0.296 e. The molecule has 0 aromatic carbocycles. The van der Waals surface area contributed by atoms with Crippen molar-refractivity contribution in [1.29, 1.82) is 0 Å². The molecule has 62 valence electrons. The lowest BCUT2D eigenvalue weighted by Crippen LogP contribution is -1.96. The van der Waals surface area contributed by atoms with Gasteiger partial charge in [-0.1, -0.05) is 13.8 Å². The Morgan fingerprint density at radius 3 is 2.27 bits per heavy atom. The highest BCUT2D eigenvalue weighted by Gasteiger charge is 1.99. The van der Waals surface area contributed by atoms with E-state index in [1.165, 1.54) is 0 Å². The molecule has 3 heteroatoms. The smallest absolute Gasteiger partial charge is 0.168 e. The highest BCUT2D eigenvalue weighted by Crippen LogP contribution is 2.00. The summed E-state index contributed by atoms with van der Waals surface area (Å²) < 4.78 is 1.56. The molecule has 0 aliphatic carbocycles. The van der Waals surface area contributed by atoms with Crippen LogP contribution in [0, 0.1) is 6.92 Å². The number of carbonyl (C=O) groups is 1. The molecule has 0 aliphatic heterocycles. The average molecular weight is 154 g/mol. The predicted octanol–water partition coefficient (Wildman–Crippen LogP) is 1.57. The summed E-state index contributed by atoms with van der Waals surface area (Å²) in [7, 11) is 1.75. The fourth-order valence-corrected chi connectivity index (χ4v) is 0.726. The molecule has 0 unspecified atom stereocenters. The Hall–Kier alpha value is -1.12. The average Bonchev–Trinajstić information content (AvgIpc) is 2.35. The van der Waals surface area contributed by atoms with E-state index in [4.69, 9.17) is 0 Å². The van der Waals surface area contributed by atoms with Gasteiger partial charge in [-0.3, -0.25) is 9.48 Å². The van der Waals surface area contributed by atoms with Crippen LogP contribution in [0.15, 0.2) is 6.20 Å². The van der Waals surface area contributed by atoms with E-state index in [0.717, 1.165) is 11.8 Å². The van der Waals surface area contributed by atoms with Crippen molar-refractivity contribution in [1.82, 2.24) is 9.78 Å². The predicted molar refractivity (Wildman–Crippen MR) is 44.7 cm³/mol. The van der Waals surface area contributed by atoms with Gasteiger partial charge in [0, 0.05) is 7.05 Å². The molecule has 0 N–H and O–H groups in total. The van der Waals surface area contributed by atoms with E-state index < -0.39 is 0 Å². The first kappa shape index (κ1) is 9.88. The van der Waals surface area contributed by atoms with E-state index in [-0.39, 0.29) is 0 Å². The normalized spacial score (nSPS) is 8.36. The number of hydrogen-bond acceptors (Lipinski definition) is 2.